The molecule has 0 saturated carbocycles. The average Bonchev–Trinajstić information content (AvgIpc) is 3.74. The number of carbonyl (C=O) groups excluding carboxylic acids is 3. The maximum absolute atomic E-state index is 14.0. The van der Waals surface area contributed by atoms with E-state index in [-0.39, 0.29) is 64.4 Å². The number of rotatable bonds is 7. The monoisotopic (exact) mass is 646 g/mol. The van der Waals surface area contributed by atoms with E-state index in [4.69, 9.17) is 25.3 Å². The minimum Gasteiger partial charge on any atom is -0.681 e. The number of carboxylic acids is 1. The second-order valence-corrected chi connectivity index (χ2v) is 12.3. The third-order valence-electron chi connectivity index (χ3n) is 9.71. The minimum absolute atomic E-state index is 0. The number of aromatic nitrogens is 2. The van der Waals surface area contributed by atoms with Gasteiger partial charge in [0.25, 0.3) is 0 Å². The number of carbonyl (C=O) groups is 4. The number of hydrogen-bond donors (Lipinski definition) is 2. The topological polar surface area (TPSA) is 174 Å². The van der Waals surface area contributed by atoms with Crippen molar-refractivity contribution in [2.75, 3.05) is 7.11 Å². The summed E-state index contributed by atoms with van der Waals surface area (Å²) in [5.74, 6) is -4.58. The molecule has 2 aromatic heterocycles. The zero-order valence-electron chi connectivity index (χ0n) is 27.0. The SMILES string of the molecule is C=Cc1c(C)/c2[n-]/c1=C/c1[n-]c(c(CC)c1C=O)/C=C1\[N-]C3=C(C(=O)[C@H](C(=O)OC)/C3=C3/[N-]C(/C=2)[C@@H](C)[C@@H]3CCC(=O)O)[C@]1(C)O.[Mg+2]. The smallest absolute Gasteiger partial charge is 0.681 e. The number of carboxylic acid groups (broad SMARTS) is 1. The zero-order valence-corrected chi connectivity index (χ0v) is 28.4. The first kappa shape index (κ1) is 34.2. The van der Waals surface area contributed by atoms with Crippen molar-refractivity contribution in [1.82, 2.24) is 9.97 Å². The molecular formula is C35H34MgN4O7-2. The molecule has 8 bridgehead atoms. The zero-order chi connectivity index (χ0) is 33.2. The fraction of sp³-hybridized carbons (Fsp3) is 0.371. The summed E-state index contributed by atoms with van der Waals surface area (Å²) in [6.07, 6.45) is 8.12. The number of aliphatic carboxylic acids is 1. The van der Waals surface area contributed by atoms with Crippen molar-refractivity contribution in [2.24, 2.45) is 17.8 Å². The van der Waals surface area contributed by atoms with Crippen molar-refractivity contribution in [1.29, 1.82) is 0 Å². The molecule has 0 amide bonds. The molecule has 4 aliphatic rings. The summed E-state index contributed by atoms with van der Waals surface area (Å²) >= 11 is 0. The Kier molecular flexibility index (Phi) is 9.08. The number of ether oxygens (including phenoxy) is 1. The van der Waals surface area contributed by atoms with Gasteiger partial charge in [0, 0.05) is 17.6 Å². The van der Waals surface area contributed by atoms with Crippen LogP contribution in [0.25, 0.3) is 34.9 Å². The van der Waals surface area contributed by atoms with Crippen molar-refractivity contribution >= 4 is 71.4 Å². The first-order valence-corrected chi connectivity index (χ1v) is 15.2. The Hall–Kier alpha value is -4.13. The number of allylic oxidation sites excluding steroid dienone is 2. The molecule has 1 fully saturated rings. The van der Waals surface area contributed by atoms with Crippen LogP contribution >= 0.6 is 0 Å². The van der Waals surface area contributed by atoms with E-state index in [9.17, 15) is 29.4 Å². The van der Waals surface area contributed by atoms with E-state index in [1.165, 1.54) is 14.0 Å². The van der Waals surface area contributed by atoms with Gasteiger partial charge in [-0.05, 0) is 44.1 Å². The van der Waals surface area contributed by atoms with E-state index >= 15 is 0 Å². The Bertz CT molecular complexity index is 1960. The van der Waals surface area contributed by atoms with E-state index in [0.717, 1.165) is 17.4 Å². The standard InChI is InChI=1S/C35H37N4O7.Mg/c1-7-17-15(3)21-11-22-16(4)19(9-10-27(41)42)31(38-22)28-29(34(44)46-6)33(43)30-32(28)39-26(35(30,5)45)13-25-18(8-2)20(14-40)24(37-25)12-23(17)36-21;/h7,11-14,16,19,22,29,45H,1,8-10H2,2-6H3,(H4-,36,37,38,39,40,41,42,43);/q-1;+2/p-3/b21-11+,26-13-;/t16-,19-,22?,29+,35+;/m0./s1. The molecule has 5 heterocycles. The van der Waals surface area contributed by atoms with Crippen molar-refractivity contribution in [3.05, 3.63) is 89.8 Å². The van der Waals surface area contributed by atoms with E-state index in [2.05, 4.69) is 6.58 Å². The summed E-state index contributed by atoms with van der Waals surface area (Å²) < 4.78 is 5.06. The minimum atomic E-state index is -1.91. The van der Waals surface area contributed by atoms with Crippen molar-refractivity contribution in [2.45, 2.75) is 58.6 Å². The number of esters is 1. The largest absolute Gasteiger partial charge is 2.00 e. The molecule has 5 atom stereocenters. The van der Waals surface area contributed by atoms with Crippen LogP contribution in [0.1, 0.15) is 72.0 Å². The predicted molar refractivity (Wildman–Crippen MR) is 175 cm³/mol. The number of nitrogens with zero attached hydrogens (tertiary/aromatic N) is 4. The Balaban J connectivity index is 0.00000433. The third-order valence-corrected chi connectivity index (χ3v) is 9.71. The number of fused-ring (bicyclic) bond motifs is 7. The van der Waals surface area contributed by atoms with Crippen LogP contribution in [0.15, 0.2) is 34.8 Å². The molecule has 3 aliphatic heterocycles. The Morgan fingerprint density at radius 2 is 1.87 bits per heavy atom. The fourth-order valence-corrected chi connectivity index (χ4v) is 7.23. The number of hydrogen-bond acceptors (Lipinski definition) is 6. The normalized spacial score (nSPS) is 29.7. The first-order valence-electron chi connectivity index (χ1n) is 15.2. The summed E-state index contributed by atoms with van der Waals surface area (Å²) in [6, 6.07) is -0.496. The van der Waals surface area contributed by atoms with E-state index in [1.807, 2.05) is 26.8 Å². The maximum Gasteiger partial charge on any atom is 2.00 e. The second kappa shape index (κ2) is 12.5. The molecule has 240 valence electrons. The van der Waals surface area contributed by atoms with Crippen molar-refractivity contribution < 1.29 is 34.1 Å². The van der Waals surface area contributed by atoms with Gasteiger partial charge in [-0.2, -0.15) is 5.70 Å². The Morgan fingerprint density at radius 1 is 1.15 bits per heavy atom. The van der Waals surface area contributed by atoms with Crippen LogP contribution in [0.4, 0.5) is 0 Å². The van der Waals surface area contributed by atoms with Crippen LogP contribution < -0.4 is 20.7 Å². The number of aldehydes is 1. The Morgan fingerprint density at radius 3 is 2.49 bits per heavy atom. The van der Waals surface area contributed by atoms with Gasteiger partial charge in [0.15, 0.2) is 5.78 Å². The summed E-state index contributed by atoms with van der Waals surface area (Å²) in [5.41, 5.74) is 2.30. The van der Waals surface area contributed by atoms with Crippen molar-refractivity contribution in [3.8, 4) is 0 Å². The van der Waals surface area contributed by atoms with Gasteiger partial charge in [0.05, 0.1) is 12.7 Å². The maximum atomic E-state index is 14.0. The van der Waals surface area contributed by atoms with Crippen LogP contribution in [-0.2, 0) is 25.5 Å². The molecule has 2 N–H and O–H groups in total. The quantitative estimate of drug-likeness (QED) is 0.198. The summed E-state index contributed by atoms with van der Waals surface area (Å²) in [5, 5.41) is 32.5. The van der Waals surface area contributed by atoms with E-state index < -0.39 is 41.2 Å². The molecular weight excluding hydrogens is 613 g/mol. The molecule has 11 nitrogen and oxygen atoms in total. The van der Waals surface area contributed by atoms with E-state index in [1.54, 1.807) is 18.2 Å². The molecule has 0 radical (unpaired) electrons. The molecule has 12 heteroatoms. The second-order valence-electron chi connectivity index (χ2n) is 12.3. The van der Waals surface area contributed by atoms with Crippen LogP contribution in [0.3, 0.4) is 0 Å². The van der Waals surface area contributed by atoms with Gasteiger partial charge in [-0.25, -0.2) is 0 Å². The van der Waals surface area contributed by atoms with Gasteiger partial charge in [0.1, 0.15) is 12.2 Å². The van der Waals surface area contributed by atoms with Gasteiger partial charge in [-0.3, -0.25) is 19.2 Å². The van der Waals surface area contributed by atoms with Gasteiger partial charge < -0.3 is 35.6 Å². The van der Waals surface area contributed by atoms with Crippen molar-refractivity contribution in [3.63, 3.8) is 0 Å². The van der Waals surface area contributed by atoms with E-state index in [0.29, 0.717) is 45.3 Å². The fourth-order valence-electron chi connectivity index (χ4n) is 7.23. The number of ketones is 1. The third kappa shape index (κ3) is 5.22. The number of aliphatic hydroxyl groups is 1. The summed E-state index contributed by atoms with van der Waals surface area (Å²) in [7, 11) is 1.18. The molecule has 0 spiro atoms. The molecule has 1 saturated heterocycles. The van der Waals surface area contributed by atoms with Gasteiger partial charge in [-0.15, -0.1) is 39.6 Å². The Labute approximate surface area is 287 Å². The molecule has 47 heavy (non-hydrogen) atoms. The van der Waals surface area contributed by atoms with Gasteiger partial charge >= 0.3 is 35.0 Å². The molecule has 1 unspecified atom stereocenters. The average molecular weight is 647 g/mol. The molecule has 0 aromatic carbocycles. The van der Waals surface area contributed by atoms with Crippen LogP contribution in [-0.4, -0.2) is 76.0 Å². The van der Waals surface area contributed by atoms with Crippen LogP contribution in [0.5, 0.6) is 0 Å². The first-order chi connectivity index (χ1) is 21.9. The van der Waals surface area contributed by atoms with Crippen LogP contribution in [0.2, 0.25) is 0 Å². The molecule has 2 aromatic rings. The number of methoxy groups -OCH3 is 1. The predicted octanol–water partition coefficient (Wildman–Crippen LogP) is 2.40. The van der Waals surface area contributed by atoms with Crippen LogP contribution in [0, 0.1) is 24.7 Å². The summed E-state index contributed by atoms with van der Waals surface area (Å²) in [6.45, 7) is 11.2. The number of Topliss-reactive ketones (excluding diaryl/α,β-unsaturated/α-hetero) is 1. The molecule has 1 aliphatic carbocycles. The van der Waals surface area contributed by atoms with Gasteiger partial charge in [0.2, 0.25) is 0 Å². The molecule has 6 rings (SSSR count). The van der Waals surface area contributed by atoms with Gasteiger partial charge in [-0.1, -0.05) is 61.4 Å². The summed E-state index contributed by atoms with van der Waals surface area (Å²) in [4.78, 5) is 61.0.